The van der Waals surface area contributed by atoms with Gasteiger partial charge in [0.15, 0.2) is 5.69 Å². The number of carbonyl (C=O) groups excluding carboxylic acids is 1. The van der Waals surface area contributed by atoms with Crippen LogP contribution in [0.5, 0.6) is 0 Å². The molecule has 1 amide bonds. The topological polar surface area (TPSA) is 63.9 Å². The molecule has 0 aromatic carbocycles. The number of aromatic nitrogens is 4. The van der Waals surface area contributed by atoms with Gasteiger partial charge in [-0.1, -0.05) is 18.5 Å². The Balaban J connectivity index is 1.85. The molecule has 0 N–H and O–H groups in total. The average molecular weight is 320 g/mol. The quantitative estimate of drug-likeness (QED) is 0.869. The average Bonchev–Trinajstić information content (AvgIpc) is 3.15. The second-order valence-electron chi connectivity index (χ2n) is 5.38. The number of hydrogen-bond acceptors (Lipinski definition) is 4. The predicted molar refractivity (Wildman–Crippen MR) is 82.6 cm³/mol. The van der Waals surface area contributed by atoms with Crippen LogP contribution in [0.4, 0.5) is 0 Å². The minimum Gasteiger partial charge on any atom is -0.329 e. The molecule has 3 rings (SSSR count). The molecular weight excluding hydrogens is 302 g/mol. The molecule has 3 heterocycles. The Bertz CT molecular complexity index is 657. The van der Waals surface area contributed by atoms with E-state index in [0.29, 0.717) is 17.3 Å². The number of carbonyl (C=O) groups is 1. The summed E-state index contributed by atoms with van der Waals surface area (Å²) >= 11 is 6.19. The molecule has 6 nitrogen and oxygen atoms in total. The second kappa shape index (κ2) is 6.44. The Morgan fingerprint density at radius 1 is 1.45 bits per heavy atom. The maximum absolute atomic E-state index is 12.8. The maximum Gasteiger partial charge on any atom is 0.276 e. The van der Waals surface area contributed by atoms with Crippen LogP contribution in [0.15, 0.2) is 24.8 Å². The molecule has 0 spiro atoms. The number of likely N-dealkylation sites (tertiary alicyclic amines) is 1. The van der Waals surface area contributed by atoms with Crippen molar-refractivity contribution < 1.29 is 4.79 Å². The maximum atomic E-state index is 12.8. The van der Waals surface area contributed by atoms with Gasteiger partial charge in [0, 0.05) is 31.7 Å². The lowest BCUT2D eigenvalue weighted by molar-refractivity contribution is 0.0726. The lowest BCUT2D eigenvalue weighted by Gasteiger charge is -2.23. The van der Waals surface area contributed by atoms with Crippen LogP contribution < -0.4 is 0 Å². The summed E-state index contributed by atoms with van der Waals surface area (Å²) in [6, 6.07) is -0.0476. The zero-order valence-corrected chi connectivity index (χ0v) is 13.2. The first kappa shape index (κ1) is 15.0. The number of amides is 1. The lowest BCUT2D eigenvalue weighted by Crippen LogP contribution is -2.31. The summed E-state index contributed by atoms with van der Waals surface area (Å²) in [5.74, 6) is -0.131. The van der Waals surface area contributed by atoms with Crippen molar-refractivity contribution in [2.24, 2.45) is 0 Å². The lowest BCUT2D eigenvalue weighted by atomic mass is 10.1. The number of halogens is 1. The Morgan fingerprint density at radius 3 is 3.05 bits per heavy atom. The highest BCUT2D eigenvalue weighted by Crippen LogP contribution is 2.32. The van der Waals surface area contributed by atoms with E-state index in [4.69, 9.17) is 11.6 Å². The summed E-state index contributed by atoms with van der Waals surface area (Å²) in [7, 11) is 0. The molecule has 0 bridgehead atoms. The standard InChI is InChI=1S/C15H18ClN5O/c1-2-7-20-10-11(16)14(19-20)15(22)21-8-3-4-13(21)12-9-17-5-6-18-12/h5-6,9-10,13H,2-4,7-8H2,1H3. The number of nitrogens with zero attached hydrogens (tertiary/aromatic N) is 5. The van der Waals surface area contributed by atoms with E-state index in [0.717, 1.165) is 31.5 Å². The van der Waals surface area contributed by atoms with Crippen molar-refractivity contribution in [2.75, 3.05) is 6.54 Å². The first-order chi connectivity index (χ1) is 10.7. The van der Waals surface area contributed by atoms with Gasteiger partial charge in [0.05, 0.1) is 23.0 Å². The molecule has 1 aliphatic rings. The van der Waals surface area contributed by atoms with Crippen molar-refractivity contribution >= 4 is 17.5 Å². The fourth-order valence-corrected chi connectivity index (χ4v) is 3.05. The summed E-state index contributed by atoms with van der Waals surface area (Å²) in [4.78, 5) is 23.0. The van der Waals surface area contributed by atoms with Gasteiger partial charge in [0.2, 0.25) is 0 Å². The molecule has 0 radical (unpaired) electrons. The minimum atomic E-state index is -0.131. The van der Waals surface area contributed by atoms with Gasteiger partial charge < -0.3 is 4.90 Å². The molecule has 1 fully saturated rings. The highest BCUT2D eigenvalue weighted by atomic mass is 35.5. The highest BCUT2D eigenvalue weighted by molar-refractivity contribution is 6.33. The fraction of sp³-hybridized carbons (Fsp3) is 0.467. The summed E-state index contributed by atoms with van der Waals surface area (Å²) in [6.07, 6.45) is 9.49. The largest absolute Gasteiger partial charge is 0.329 e. The van der Waals surface area contributed by atoms with Crippen molar-refractivity contribution in [1.29, 1.82) is 0 Å². The van der Waals surface area contributed by atoms with Crippen molar-refractivity contribution in [3.8, 4) is 0 Å². The monoisotopic (exact) mass is 319 g/mol. The fourth-order valence-electron chi connectivity index (χ4n) is 2.82. The zero-order valence-electron chi connectivity index (χ0n) is 12.4. The van der Waals surface area contributed by atoms with E-state index in [-0.39, 0.29) is 11.9 Å². The molecule has 7 heteroatoms. The van der Waals surface area contributed by atoms with Gasteiger partial charge in [-0.3, -0.25) is 19.4 Å². The van der Waals surface area contributed by atoms with Crippen LogP contribution in [0.25, 0.3) is 0 Å². The molecule has 0 aliphatic carbocycles. The van der Waals surface area contributed by atoms with Crippen LogP contribution in [0.2, 0.25) is 5.02 Å². The molecule has 1 unspecified atom stereocenters. The Labute approximate surface area is 134 Å². The molecular formula is C15H18ClN5O. The molecule has 1 aliphatic heterocycles. The second-order valence-corrected chi connectivity index (χ2v) is 5.78. The van der Waals surface area contributed by atoms with Gasteiger partial charge in [-0.2, -0.15) is 5.10 Å². The van der Waals surface area contributed by atoms with Crippen LogP contribution in [0.1, 0.15) is 48.4 Å². The van der Waals surface area contributed by atoms with E-state index in [1.807, 2.05) is 0 Å². The highest BCUT2D eigenvalue weighted by Gasteiger charge is 2.33. The van der Waals surface area contributed by atoms with E-state index in [2.05, 4.69) is 22.0 Å². The minimum absolute atomic E-state index is 0.0476. The molecule has 22 heavy (non-hydrogen) atoms. The zero-order chi connectivity index (χ0) is 15.5. The van der Waals surface area contributed by atoms with Crippen LogP contribution in [0.3, 0.4) is 0 Å². The Morgan fingerprint density at radius 2 is 2.32 bits per heavy atom. The molecule has 0 saturated carbocycles. The van der Waals surface area contributed by atoms with Gasteiger partial charge in [-0.25, -0.2) is 0 Å². The summed E-state index contributed by atoms with van der Waals surface area (Å²) < 4.78 is 1.73. The molecule has 116 valence electrons. The van der Waals surface area contributed by atoms with Crippen LogP contribution >= 0.6 is 11.6 Å². The van der Waals surface area contributed by atoms with Crippen LogP contribution in [0, 0.1) is 0 Å². The van der Waals surface area contributed by atoms with E-state index < -0.39 is 0 Å². The van der Waals surface area contributed by atoms with Gasteiger partial charge in [0.25, 0.3) is 5.91 Å². The van der Waals surface area contributed by atoms with Crippen molar-refractivity contribution in [3.63, 3.8) is 0 Å². The van der Waals surface area contributed by atoms with Gasteiger partial charge in [0.1, 0.15) is 0 Å². The molecule has 2 aromatic heterocycles. The van der Waals surface area contributed by atoms with E-state index in [9.17, 15) is 4.79 Å². The van der Waals surface area contributed by atoms with Gasteiger partial charge >= 0.3 is 0 Å². The normalized spacial score (nSPS) is 17.9. The summed E-state index contributed by atoms with van der Waals surface area (Å²) in [6.45, 7) is 3.50. The number of aryl methyl sites for hydroxylation is 1. The molecule has 1 saturated heterocycles. The van der Waals surface area contributed by atoms with Crippen molar-refractivity contribution in [3.05, 3.63) is 41.2 Å². The van der Waals surface area contributed by atoms with Gasteiger partial charge in [-0.05, 0) is 19.3 Å². The molecule has 1 atom stereocenters. The van der Waals surface area contributed by atoms with Crippen LogP contribution in [-0.4, -0.2) is 37.1 Å². The SMILES string of the molecule is CCCn1cc(Cl)c(C(=O)N2CCCC2c2cnccn2)n1. The number of rotatable bonds is 4. The van der Waals surface area contributed by atoms with Crippen molar-refractivity contribution in [2.45, 2.75) is 38.8 Å². The van der Waals surface area contributed by atoms with Crippen molar-refractivity contribution in [1.82, 2.24) is 24.6 Å². The third-order valence-electron chi connectivity index (χ3n) is 3.81. The summed E-state index contributed by atoms with van der Waals surface area (Å²) in [5, 5.41) is 4.74. The first-order valence-corrected chi connectivity index (χ1v) is 7.88. The number of hydrogen-bond donors (Lipinski definition) is 0. The Kier molecular flexibility index (Phi) is 4.38. The third-order valence-corrected chi connectivity index (χ3v) is 4.09. The third kappa shape index (κ3) is 2.83. The molecule has 2 aromatic rings. The first-order valence-electron chi connectivity index (χ1n) is 7.50. The van der Waals surface area contributed by atoms with E-state index >= 15 is 0 Å². The van der Waals surface area contributed by atoms with E-state index in [1.54, 1.807) is 34.4 Å². The summed E-state index contributed by atoms with van der Waals surface area (Å²) in [5.41, 5.74) is 1.14. The van der Waals surface area contributed by atoms with Crippen LogP contribution in [-0.2, 0) is 6.54 Å². The smallest absolute Gasteiger partial charge is 0.276 e. The van der Waals surface area contributed by atoms with E-state index in [1.165, 1.54) is 0 Å². The predicted octanol–water partition coefficient (Wildman–Crippen LogP) is 2.71. The Hall–Kier alpha value is -1.95. The van der Waals surface area contributed by atoms with Gasteiger partial charge in [-0.15, -0.1) is 0 Å².